The van der Waals surface area contributed by atoms with E-state index in [9.17, 15) is 4.79 Å². The van der Waals surface area contributed by atoms with Gasteiger partial charge in [-0.2, -0.15) is 0 Å². The number of nitrogens with one attached hydrogen (secondary N) is 2. The summed E-state index contributed by atoms with van der Waals surface area (Å²) in [6.45, 7) is 6.50. The average molecular weight is 284 g/mol. The Morgan fingerprint density at radius 2 is 1.90 bits per heavy atom. The van der Waals surface area contributed by atoms with Gasteiger partial charge in [-0.05, 0) is 25.0 Å². The fourth-order valence-electron chi connectivity index (χ4n) is 1.80. The summed E-state index contributed by atoms with van der Waals surface area (Å²) in [4.78, 5) is 20.6. The Hall–Kier alpha value is -2.43. The summed E-state index contributed by atoms with van der Waals surface area (Å²) >= 11 is 0. The van der Waals surface area contributed by atoms with Crippen molar-refractivity contribution in [2.45, 2.75) is 20.8 Å². The fourth-order valence-corrected chi connectivity index (χ4v) is 1.80. The van der Waals surface area contributed by atoms with Crippen LogP contribution in [0.5, 0.6) is 0 Å². The number of rotatable bonds is 5. The number of aromatic nitrogens is 2. The van der Waals surface area contributed by atoms with Gasteiger partial charge in [0.2, 0.25) is 0 Å². The van der Waals surface area contributed by atoms with Gasteiger partial charge in [-0.1, -0.05) is 32.0 Å². The lowest BCUT2D eigenvalue weighted by Gasteiger charge is -2.10. The predicted octanol–water partition coefficient (Wildman–Crippen LogP) is 2.91. The van der Waals surface area contributed by atoms with Crippen molar-refractivity contribution in [2.24, 2.45) is 5.92 Å². The minimum Gasteiger partial charge on any atom is -0.350 e. The molecule has 0 radical (unpaired) electrons. The number of anilines is 2. The van der Waals surface area contributed by atoms with Crippen LogP contribution in [0.3, 0.4) is 0 Å². The molecule has 0 spiro atoms. The van der Waals surface area contributed by atoms with Crippen molar-refractivity contribution in [3.8, 4) is 0 Å². The Kier molecular flexibility index (Phi) is 4.87. The van der Waals surface area contributed by atoms with Crippen LogP contribution in [0.2, 0.25) is 0 Å². The summed E-state index contributed by atoms with van der Waals surface area (Å²) in [5.74, 6) is 1.40. The number of hydrogen-bond acceptors (Lipinski definition) is 4. The van der Waals surface area contributed by atoms with Crippen LogP contribution in [0.1, 0.15) is 30.2 Å². The number of carbonyl (C=O) groups excluding carboxylic acids is 1. The molecule has 0 saturated heterocycles. The molecule has 1 heterocycles. The van der Waals surface area contributed by atoms with E-state index < -0.39 is 0 Å². The van der Waals surface area contributed by atoms with Crippen LogP contribution in [-0.2, 0) is 0 Å². The molecule has 2 N–H and O–H groups in total. The molecule has 0 unspecified atom stereocenters. The molecule has 5 nitrogen and oxygen atoms in total. The smallest absolute Gasteiger partial charge is 0.270 e. The van der Waals surface area contributed by atoms with Crippen molar-refractivity contribution in [1.82, 2.24) is 15.3 Å². The zero-order chi connectivity index (χ0) is 15.2. The normalized spacial score (nSPS) is 10.5. The number of nitrogens with zero attached hydrogens (tertiary/aromatic N) is 2. The maximum absolute atomic E-state index is 12.1. The summed E-state index contributed by atoms with van der Waals surface area (Å²) in [5.41, 5.74) is 1.30. The van der Waals surface area contributed by atoms with Gasteiger partial charge in [-0.3, -0.25) is 4.79 Å². The van der Waals surface area contributed by atoms with Gasteiger partial charge in [-0.15, -0.1) is 0 Å². The fraction of sp³-hybridized carbons (Fsp3) is 0.312. The van der Waals surface area contributed by atoms with Gasteiger partial charge in [0.25, 0.3) is 5.91 Å². The average Bonchev–Trinajstić information content (AvgIpc) is 2.45. The van der Waals surface area contributed by atoms with Crippen molar-refractivity contribution < 1.29 is 4.79 Å². The second kappa shape index (κ2) is 6.83. The molecule has 0 fully saturated rings. The molecule has 2 aromatic rings. The Balaban J connectivity index is 2.15. The quantitative estimate of drug-likeness (QED) is 0.886. The van der Waals surface area contributed by atoms with E-state index in [0.717, 1.165) is 5.69 Å². The van der Waals surface area contributed by atoms with Crippen LogP contribution in [0, 0.1) is 12.8 Å². The Bertz CT molecular complexity index is 611. The molecule has 0 saturated carbocycles. The molecule has 0 aliphatic carbocycles. The number of aryl methyl sites for hydroxylation is 1. The third-order valence-electron chi connectivity index (χ3n) is 2.79. The maximum Gasteiger partial charge on any atom is 0.270 e. The van der Waals surface area contributed by atoms with Crippen LogP contribution in [0.15, 0.2) is 36.4 Å². The number of benzene rings is 1. The first-order chi connectivity index (χ1) is 10.0. The van der Waals surface area contributed by atoms with Crippen LogP contribution >= 0.6 is 0 Å². The first-order valence-corrected chi connectivity index (χ1v) is 7.00. The minimum absolute atomic E-state index is 0.176. The van der Waals surface area contributed by atoms with E-state index in [1.165, 1.54) is 0 Å². The maximum atomic E-state index is 12.1. The van der Waals surface area contributed by atoms with E-state index in [-0.39, 0.29) is 5.91 Å². The number of carbonyl (C=O) groups is 1. The van der Waals surface area contributed by atoms with Crippen molar-refractivity contribution in [2.75, 3.05) is 11.9 Å². The molecule has 0 bridgehead atoms. The molecule has 0 aliphatic rings. The molecule has 0 aliphatic heterocycles. The molecule has 1 aromatic carbocycles. The Labute approximate surface area is 124 Å². The third kappa shape index (κ3) is 4.56. The van der Waals surface area contributed by atoms with E-state index in [4.69, 9.17) is 0 Å². The minimum atomic E-state index is -0.176. The van der Waals surface area contributed by atoms with Crippen LogP contribution in [-0.4, -0.2) is 22.4 Å². The molecule has 1 amide bonds. The number of hydrogen-bond donors (Lipinski definition) is 2. The predicted molar refractivity (Wildman–Crippen MR) is 83.7 cm³/mol. The van der Waals surface area contributed by atoms with E-state index in [0.29, 0.717) is 29.8 Å². The molecular weight excluding hydrogens is 264 g/mol. The lowest BCUT2D eigenvalue weighted by molar-refractivity contribution is 0.0943. The zero-order valence-corrected chi connectivity index (χ0v) is 12.6. The SMILES string of the molecule is Cc1nc(Nc2ccccc2)cc(C(=O)NCC(C)C)n1. The molecule has 1 aromatic heterocycles. The van der Waals surface area contributed by atoms with Gasteiger partial charge in [-0.25, -0.2) is 9.97 Å². The van der Waals surface area contributed by atoms with Crippen LogP contribution < -0.4 is 10.6 Å². The summed E-state index contributed by atoms with van der Waals surface area (Å²) in [5, 5.41) is 6.03. The second-order valence-electron chi connectivity index (χ2n) is 5.28. The van der Waals surface area contributed by atoms with Crippen LogP contribution in [0.25, 0.3) is 0 Å². The highest BCUT2D eigenvalue weighted by Crippen LogP contribution is 2.14. The van der Waals surface area contributed by atoms with E-state index >= 15 is 0 Å². The standard InChI is InChI=1S/C16H20N4O/c1-11(2)10-17-16(21)14-9-15(19-12(3)18-14)20-13-7-5-4-6-8-13/h4-9,11H,10H2,1-3H3,(H,17,21)(H,18,19,20). The second-order valence-corrected chi connectivity index (χ2v) is 5.28. The molecular formula is C16H20N4O. The lowest BCUT2D eigenvalue weighted by Crippen LogP contribution is -2.28. The van der Waals surface area contributed by atoms with Gasteiger partial charge in [0.05, 0.1) is 0 Å². The summed E-state index contributed by atoms with van der Waals surface area (Å²) < 4.78 is 0. The van der Waals surface area contributed by atoms with E-state index in [1.807, 2.05) is 44.2 Å². The van der Waals surface area contributed by atoms with Gasteiger partial charge >= 0.3 is 0 Å². The molecule has 110 valence electrons. The Morgan fingerprint density at radius 1 is 1.19 bits per heavy atom. The topological polar surface area (TPSA) is 66.9 Å². The van der Waals surface area contributed by atoms with Gasteiger partial charge < -0.3 is 10.6 Å². The van der Waals surface area contributed by atoms with Gasteiger partial charge in [0, 0.05) is 18.3 Å². The largest absolute Gasteiger partial charge is 0.350 e. The van der Waals surface area contributed by atoms with Crippen molar-refractivity contribution in [1.29, 1.82) is 0 Å². The monoisotopic (exact) mass is 284 g/mol. The van der Waals surface area contributed by atoms with E-state index in [1.54, 1.807) is 13.0 Å². The summed E-state index contributed by atoms with van der Waals surface area (Å²) in [7, 11) is 0. The molecule has 0 atom stereocenters. The Morgan fingerprint density at radius 3 is 2.57 bits per heavy atom. The van der Waals surface area contributed by atoms with Crippen molar-refractivity contribution >= 4 is 17.4 Å². The lowest BCUT2D eigenvalue weighted by atomic mass is 10.2. The highest BCUT2D eigenvalue weighted by atomic mass is 16.1. The molecule has 5 heteroatoms. The van der Waals surface area contributed by atoms with Crippen molar-refractivity contribution in [3.05, 3.63) is 47.9 Å². The molecule has 21 heavy (non-hydrogen) atoms. The zero-order valence-electron chi connectivity index (χ0n) is 12.6. The molecule has 2 rings (SSSR count). The van der Waals surface area contributed by atoms with Gasteiger partial charge in [0.1, 0.15) is 17.3 Å². The highest BCUT2D eigenvalue weighted by molar-refractivity contribution is 5.93. The first-order valence-electron chi connectivity index (χ1n) is 7.00. The first kappa shape index (κ1) is 15.0. The van der Waals surface area contributed by atoms with Crippen LogP contribution in [0.4, 0.5) is 11.5 Å². The summed E-state index contributed by atoms with van der Waals surface area (Å²) in [6, 6.07) is 11.4. The highest BCUT2D eigenvalue weighted by Gasteiger charge is 2.10. The number of para-hydroxylation sites is 1. The number of amides is 1. The van der Waals surface area contributed by atoms with E-state index in [2.05, 4.69) is 20.6 Å². The summed E-state index contributed by atoms with van der Waals surface area (Å²) in [6.07, 6.45) is 0. The van der Waals surface area contributed by atoms with Gasteiger partial charge in [0.15, 0.2) is 0 Å². The van der Waals surface area contributed by atoms with Crippen molar-refractivity contribution in [3.63, 3.8) is 0 Å². The third-order valence-corrected chi connectivity index (χ3v) is 2.79.